The highest BCUT2D eigenvalue weighted by Gasteiger charge is 2.13. The van der Waals surface area contributed by atoms with Gasteiger partial charge in [0.2, 0.25) is 11.1 Å². The van der Waals surface area contributed by atoms with Crippen LogP contribution in [0, 0.1) is 11.3 Å². The molecular weight excluding hydrogens is 296 g/mol. The molecule has 0 aliphatic rings. The summed E-state index contributed by atoms with van der Waals surface area (Å²) < 4.78 is 1.66. The number of nitrogens with one attached hydrogen (secondary N) is 1. The van der Waals surface area contributed by atoms with Gasteiger partial charge in [-0.2, -0.15) is 5.26 Å². The molecule has 2 aromatic rings. The molecule has 0 bridgehead atoms. The average Bonchev–Trinajstić information content (AvgIpc) is 3.04. The predicted molar refractivity (Wildman–Crippen MR) is 76.6 cm³/mol. The monoisotopic (exact) mass is 308 g/mol. The summed E-state index contributed by atoms with van der Waals surface area (Å²) in [6.45, 7) is 3.93. The van der Waals surface area contributed by atoms with E-state index in [4.69, 9.17) is 5.26 Å². The quantitative estimate of drug-likeness (QED) is 0.848. The van der Waals surface area contributed by atoms with Gasteiger partial charge >= 0.3 is 0 Å². The molecule has 0 aliphatic heterocycles. The van der Waals surface area contributed by atoms with E-state index in [9.17, 15) is 4.79 Å². The molecule has 1 N–H and O–H groups in total. The fourth-order valence-corrected chi connectivity index (χ4v) is 2.95. The van der Waals surface area contributed by atoms with Crippen molar-refractivity contribution < 1.29 is 4.79 Å². The fraction of sp³-hybridized carbons (Fsp3) is 0.364. The summed E-state index contributed by atoms with van der Waals surface area (Å²) in [6, 6.07) is 3.84. The summed E-state index contributed by atoms with van der Waals surface area (Å²) in [5.74, 6) is 0.00261. The van der Waals surface area contributed by atoms with Crippen LogP contribution in [0.15, 0.2) is 16.6 Å². The van der Waals surface area contributed by atoms with E-state index < -0.39 is 0 Å². The molecule has 7 nitrogen and oxygen atoms in total. The van der Waals surface area contributed by atoms with Crippen LogP contribution in [0.2, 0.25) is 0 Å². The SMILES string of the molecule is CC(C)n1nnnc1SCC(=O)Nc1sccc1C#N. The maximum absolute atomic E-state index is 11.8. The van der Waals surface area contributed by atoms with Crippen LogP contribution in [0.3, 0.4) is 0 Å². The second-order valence-electron chi connectivity index (χ2n) is 4.11. The number of hydrogen-bond donors (Lipinski definition) is 1. The van der Waals surface area contributed by atoms with Crippen molar-refractivity contribution in [3.63, 3.8) is 0 Å². The normalized spacial score (nSPS) is 10.5. The van der Waals surface area contributed by atoms with Gasteiger partial charge in [-0.05, 0) is 35.7 Å². The van der Waals surface area contributed by atoms with Crippen molar-refractivity contribution in [2.24, 2.45) is 0 Å². The summed E-state index contributed by atoms with van der Waals surface area (Å²) in [6.07, 6.45) is 0. The van der Waals surface area contributed by atoms with Crippen LogP contribution in [0.4, 0.5) is 5.00 Å². The smallest absolute Gasteiger partial charge is 0.235 e. The van der Waals surface area contributed by atoms with Gasteiger partial charge in [-0.15, -0.1) is 16.4 Å². The van der Waals surface area contributed by atoms with Crippen molar-refractivity contribution in [3.05, 3.63) is 17.0 Å². The molecule has 9 heteroatoms. The fourth-order valence-electron chi connectivity index (χ4n) is 1.39. The second kappa shape index (κ2) is 6.49. The van der Waals surface area contributed by atoms with Crippen molar-refractivity contribution in [1.82, 2.24) is 20.2 Å². The Kier molecular flexibility index (Phi) is 4.70. The zero-order valence-corrected chi connectivity index (χ0v) is 12.5. The molecule has 0 aromatic carbocycles. The summed E-state index contributed by atoms with van der Waals surface area (Å²) in [5, 5.41) is 25.8. The molecule has 2 rings (SSSR count). The topological polar surface area (TPSA) is 96.5 Å². The molecule has 0 radical (unpaired) electrons. The molecule has 2 aromatic heterocycles. The summed E-state index contributed by atoms with van der Waals surface area (Å²) in [4.78, 5) is 11.8. The lowest BCUT2D eigenvalue weighted by atomic mass is 10.3. The predicted octanol–water partition coefficient (Wildman–Crippen LogP) is 1.92. The summed E-state index contributed by atoms with van der Waals surface area (Å²) in [5.41, 5.74) is 0.473. The van der Waals surface area contributed by atoms with E-state index in [0.29, 0.717) is 15.7 Å². The van der Waals surface area contributed by atoms with E-state index in [1.165, 1.54) is 23.1 Å². The van der Waals surface area contributed by atoms with Gasteiger partial charge in [0.1, 0.15) is 11.1 Å². The van der Waals surface area contributed by atoms with E-state index in [2.05, 4.69) is 20.8 Å². The molecule has 0 fully saturated rings. The molecule has 0 spiro atoms. The van der Waals surface area contributed by atoms with Gasteiger partial charge in [0.05, 0.1) is 17.4 Å². The Morgan fingerprint density at radius 2 is 2.45 bits per heavy atom. The number of hydrogen-bond acceptors (Lipinski definition) is 7. The van der Waals surface area contributed by atoms with Crippen LogP contribution < -0.4 is 5.32 Å². The Morgan fingerprint density at radius 1 is 1.65 bits per heavy atom. The number of thioether (sulfide) groups is 1. The van der Waals surface area contributed by atoms with Crippen LogP contribution in [0.25, 0.3) is 0 Å². The highest BCUT2D eigenvalue weighted by molar-refractivity contribution is 7.99. The summed E-state index contributed by atoms with van der Waals surface area (Å²) >= 11 is 2.59. The molecule has 0 unspecified atom stereocenters. The number of carbonyl (C=O) groups is 1. The zero-order chi connectivity index (χ0) is 14.5. The van der Waals surface area contributed by atoms with Gasteiger partial charge in [-0.25, -0.2) is 4.68 Å². The molecule has 0 atom stereocenters. The Labute approximate surface area is 124 Å². The Morgan fingerprint density at radius 3 is 3.15 bits per heavy atom. The van der Waals surface area contributed by atoms with Crippen LogP contribution in [-0.2, 0) is 4.79 Å². The molecule has 0 saturated heterocycles. The van der Waals surface area contributed by atoms with Crippen molar-refractivity contribution >= 4 is 34.0 Å². The lowest BCUT2D eigenvalue weighted by Crippen LogP contribution is -2.15. The van der Waals surface area contributed by atoms with Crippen LogP contribution >= 0.6 is 23.1 Å². The zero-order valence-electron chi connectivity index (χ0n) is 10.9. The van der Waals surface area contributed by atoms with E-state index >= 15 is 0 Å². The van der Waals surface area contributed by atoms with Crippen molar-refractivity contribution in [3.8, 4) is 6.07 Å². The van der Waals surface area contributed by atoms with Crippen molar-refractivity contribution in [1.29, 1.82) is 5.26 Å². The number of tetrazole rings is 1. The van der Waals surface area contributed by atoms with E-state index in [0.717, 1.165) is 0 Å². The molecule has 0 saturated carbocycles. The minimum absolute atomic E-state index is 0.137. The third-order valence-electron chi connectivity index (χ3n) is 2.32. The highest BCUT2D eigenvalue weighted by Crippen LogP contribution is 2.23. The largest absolute Gasteiger partial charge is 0.316 e. The molecule has 20 heavy (non-hydrogen) atoms. The minimum Gasteiger partial charge on any atom is -0.316 e. The maximum Gasteiger partial charge on any atom is 0.235 e. The Hall–Kier alpha value is -1.92. The van der Waals surface area contributed by atoms with Crippen LogP contribution in [0.1, 0.15) is 25.5 Å². The van der Waals surface area contributed by atoms with Gasteiger partial charge in [0.25, 0.3) is 0 Å². The first-order valence-electron chi connectivity index (χ1n) is 5.80. The van der Waals surface area contributed by atoms with E-state index in [1.54, 1.807) is 16.1 Å². The average molecular weight is 308 g/mol. The highest BCUT2D eigenvalue weighted by atomic mass is 32.2. The number of rotatable bonds is 5. The first-order chi connectivity index (χ1) is 9.61. The summed E-state index contributed by atoms with van der Waals surface area (Å²) in [7, 11) is 0. The molecule has 2 heterocycles. The molecule has 104 valence electrons. The van der Waals surface area contributed by atoms with Gasteiger partial charge in [0.15, 0.2) is 0 Å². The Bertz CT molecular complexity index is 641. The number of nitrogens with zero attached hydrogens (tertiary/aromatic N) is 5. The number of aromatic nitrogens is 4. The number of carbonyl (C=O) groups excluding carboxylic acids is 1. The third-order valence-corrected chi connectivity index (χ3v) is 4.09. The minimum atomic E-state index is -0.188. The van der Waals surface area contributed by atoms with Crippen LogP contribution in [0.5, 0.6) is 0 Å². The first kappa shape index (κ1) is 14.5. The van der Waals surface area contributed by atoms with E-state index in [1.807, 2.05) is 19.9 Å². The van der Waals surface area contributed by atoms with Gasteiger partial charge in [-0.3, -0.25) is 4.79 Å². The molecule has 0 aliphatic carbocycles. The van der Waals surface area contributed by atoms with Gasteiger partial charge < -0.3 is 5.32 Å². The number of amides is 1. The van der Waals surface area contributed by atoms with Crippen molar-refractivity contribution in [2.45, 2.75) is 25.0 Å². The third kappa shape index (κ3) is 3.34. The first-order valence-corrected chi connectivity index (χ1v) is 7.66. The lowest BCUT2D eigenvalue weighted by molar-refractivity contribution is -0.113. The van der Waals surface area contributed by atoms with Crippen LogP contribution in [-0.4, -0.2) is 31.9 Å². The lowest BCUT2D eigenvalue weighted by Gasteiger charge is -2.07. The number of thiophene rings is 1. The number of anilines is 1. The van der Waals surface area contributed by atoms with E-state index in [-0.39, 0.29) is 17.7 Å². The molecule has 1 amide bonds. The molecular formula is C11H12N6OS2. The van der Waals surface area contributed by atoms with Gasteiger partial charge in [0, 0.05) is 0 Å². The van der Waals surface area contributed by atoms with Gasteiger partial charge in [-0.1, -0.05) is 11.8 Å². The second-order valence-corrected chi connectivity index (χ2v) is 5.97. The van der Waals surface area contributed by atoms with Crippen molar-refractivity contribution in [2.75, 3.05) is 11.1 Å². The maximum atomic E-state index is 11.8. The standard InChI is InChI=1S/C11H12N6OS2/c1-7(2)17-11(14-15-16-17)20-6-9(18)13-10-8(5-12)3-4-19-10/h3-4,7H,6H2,1-2H3,(H,13,18). The number of nitriles is 1. The Balaban J connectivity index is 1.93.